The zero-order chi connectivity index (χ0) is 7.95. The molecule has 64 valence electrons. The molecule has 1 spiro atoms. The summed E-state index contributed by atoms with van der Waals surface area (Å²) in [5.41, 5.74) is 7.01. The standard InChI is InChI=1S/C10H19N/c1-9(8-11)6-10(7-9)4-2-3-5-10/h2-8,11H2,1H3. The molecule has 0 heterocycles. The Hall–Kier alpha value is -0.0400. The topological polar surface area (TPSA) is 26.0 Å². The Bertz CT molecular complexity index is 148. The molecule has 2 saturated carbocycles. The van der Waals surface area contributed by atoms with Gasteiger partial charge in [0.1, 0.15) is 0 Å². The van der Waals surface area contributed by atoms with Crippen LogP contribution in [-0.2, 0) is 0 Å². The van der Waals surface area contributed by atoms with Crippen molar-refractivity contribution < 1.29 is 0 Å². The lowest BCUT2D eigenvalue weighted by molar-refractivity contribution is -0.0144. The van der Waals surface area contributed by atoms with Gasteiger partial charge in [0.25, 0.3) is 0 Å². The van der Waals surface area contributed by atoms with E-state index in [1.165, 1.54) is 38.5 Å². The van der Waals surface area contributed by atoms with Crippen molar-refractivity contribution in [1.82, 2.24) is 0 Å². The molecule has 0 aromatic carbocycles. The molecule has 0 saturated heterocycles. The quantitative estimate of drug-likeness (QED) is 0.614. The molecular formula is C10H19N. The Balaban J connectivity index is 1.95. The SMILES string of the molecule is CC1(CN)CC2(CCCC2)C1. The molecule has 0 aromatic rings. The van der Waals surface area contributed by atoms with E-state index in [0.29, 0.717) is 5.41 Å². The van der Waals surface area contributed by atoms with Gasteiger partial charge in [-0.3, -0.25) is 0 Å². The van der Waals surface area contributed by atoms with Crippen LogP contribution in [0.5, 0.6) is 0 Å². The number of rotatable bonds is 1. The minimum atomic E-state index is 0.518. The molecule has 2 aliphatic carbocycles. The first-order chi connectivity index (χ1) is 5.18. The Morgan fingerprint density at radius 1 is 1.18 bits per heavy atom. The summed E-state index contributed by atoms with van der Waals surface area (Å²) in [6.07, 6.45) is 8.75. The maximum Gasteiger partial charge on any atom is -0.00228 e. The van der Waals surface area contributed by atoms with Crippen LogP contribution in [0.15, 0.2) is 0 Å². The number of hydrogen-bond donors (Lipinski definition) is 1. The molecule has 0 atom stereocenters. The molecule has 0 amide bonds. The first kappa shape index (κ1) is 7.60. The van der Waals surface area contributed by atoms with Gasteiger partial charge >= 0.3 is 0 Å². The number of hydrogen-bond acceptors (Lipinski definition) is 1. The average molecular weight is 153 g/mol. The normalized spacial score (nSPS) is 32.2. The van der Waals surface area contributed by atoms with Crippen LogP contribution in [0, 0.1) is 10.8 Å². The van der Waals surface area contributed by atoms with E-state index in [-0.39, 0.29) is 0 Å². The molecule has 0 unspecified atom stereocenters. The Morgan fingerprint density at radius 3 is 2.18 bits per heavy atom. The lowest BCUT2D eigenvalue weighted by atomic mass is 9.53. The first-order valence-corrected chi connectivity index (χ1v) is 4.88. The molecule has 1 nitrogen and oxygen atoms in total. The predicted molar refractivity (Wildman–Crippen MR) is 47.3 cm³/mol. The summed E-state index contributed by atoms with van der Waals surface area (Å²) in [5, 5.41) is 0. The van der Waals surface area contributed by atoms with Crippen molar-refractivity contribution in [2.45, 2.75) is 45.4 Å². The van der Waals surface area contributed by atoms with E-state index in [1.54, 1.807) is 0 Å². The van der Waals surface area contributed by atoms with E-state index < -0.39 is 0 Å². The predicted octanol–water partition coefficient (Wildman–Crippen LogP) is 2.31. The largest absolute Gasteiger partial charge is 0.330 e. The van der Waals surface area contributed by atoms with E-state index in [2.05, 4.69) is 6.92 Å². The van der Waals surface area contributed by atoms with Crippen LogP contribution >= 0.6 is 0 Å². The second-order valence-corrected chi connectivity index (χ2v) is 5.08. The average Bonchev–Trinajstić information content (AvgIpc) is 2.35. The highest BCUT2D eigenvalue weighted by Gasteiger charge is 2.51. The third-order valence-corrected chi connectivity index (χ3v) is 3.76. The Kier molecular flexibility index (Phi) is 1.54. The second kappa shape index (κ2) is 2.22. The molecule has 1 heteroatoms. The van der Waals surface area contributed by atoms with Crippen LogP contribution in [0.25, 0.3) is 0 Å². The molecule has 2 N–H and O–H groups in total. The smallest absolute Gasteiger partial charge is 0.00228 e. The van der Waals surface area contributed by atoms with Crippen molar-refractivity contribution in [2.75, 3.05) is 6.54 Å². The molecule has 0 aromatic heterocycles. The summed E-state index contributed by atoms with van der Waals surface area (Å²) in [6.45, 7) is 3.24. The fourth-order valence-corrected chi connectivity index (χ4v) is 3.38. The minimum Gasteiger partial charge on any atom is -0.330 e. The number of nitrogens with two attached hydrogens (primary N) is 1. The highest BCUT2D eigenvalue weighted by molar-refractivity contribution is 5.03. The van der Waals surface area contributed by atoms with E-state index in [9.17, 15) is 0 Å². The summed E-state index contributed by atoms with van der Waals surface area (Å²) in [6, 6.07) is 0. The van der Waals surface area contributed by atoms with Crippen LogP contribution in [-0.4, -0.2) is 6.54 Å². The van der Waals surface area contributed by atoms with E-state index in [0.717, 1.165) is 12.0 Å². The lowest BCUT2D eigenvalue weighted by Gasteiger charge is -2.53. The van der Waals surface area contributed by atoms with Gasteiger partial charge < -0.3 is 5.73 Å². The zero-order valence-corrected chi connectivity index (χ0v) is 7.53. The monoisotopic (exact) mass is 153 g/mol. The fourth-order valence-electron chi connectivity index (χ4n) is 3.38. The third-order valence-electron chi connectivity index (χ3n) is 3.76. The van der Waals surface area contributed by atoms with Gasteiger partial charge in [-0.2, -0.15) is 0 Å². The Labute approximate surface area is 69.4 Å². The highest BCUT2D eigenvalue weighted by Crippen LogP contribution is 2.61. The van der Waals surface area contributed by atoms with Crippen molar-refractivity contribution in [1.29, 1.82) is 0 Å². The third kappa shape index (κ3) is 1.10. The molecule has 11 heavy (non-hydrogen) atoms. The molecule has 2 rings (SSSR count). The van der Waals surface area contributed by atoms with Crippen LogP contribution in [0.4, 0.5) is 0 Å². The lowest BCUT2D eigenvalue weighted by Crippen LogP contribution is -2.47. The molecule has 0 radical (unpaired) electrons. The van der Waals surface area contributed by atoms with Crippen LogP contribution in [0.3, 0.4) is 0 Å². The zero-order valence-electron chi connectivity index (χ0n) is 7.53. The summed E-state index contributed by atoms with van der Waals surface area (Å²) in [7, 11) is 0. The van der Waals surface area contributed by atoms with Gasteiger partial charge in [0.05, 0.1) is 0 Å². The maximum atomic E-state index is 5.72. The summed E-state index contributed by atoms with van der Waals surface area (Å²) < 4.78 is 0. The van der Waals surface area contributed by atoms with Gasteiger partial charge in [0.15, 0.2) is 0 Å². The summed E-state index contributed by atoms with van der Waals surface area (Å²) in [5.74, 6) is 0. The van der Waals surface area contributed by atoms with Gasteiger partial charge in [-0.25, -0.2) is 0 Å². The minimum absolute atomic E-state index is 0.518. The summed E-state index contributed by atoms with van der Waals surface area (Å²) in [4.78, 5) is 0. The van der Waals surface area contributed by atoms with Crippen LogP contribution in [0.1, 0.15) is 45.4 Å². The van der Waals surface area contributed by atoms with Crippen LogP contribution in [0.2, 0.25) is 0 Å². The van der Waals surface area contributed by atoms with Gasteiger partial charge in [0.2, 0.25) is 0 Å². The van der Waals surface area contributed by atoms with Crippen molar-refractivity contribution in [3.8, 4) is 0 Å². The first-order valence-electron chi connectivity index (χ1n) is 4.88. The fraction of sp³-hybridized carbons (Fsp3) is 1.00. The van der Waals surface area contributed by atoms with Gasteiger partial charge in [0, 0.05) is 0 Å². The van der Waals surface area contributed by atoms with Crippen molar-refractivity contribution in [3.05, 3.63) is 0 Å². The van der Waals surface area contributed by atoms with Crippen molar-refractivity contribution in [3.63, 3.8) is 0 Å². The highest BCUT2D eigenvalue weighted by atomic mass is 14.7. The molecule has 2 aliphatic rings. The molecule has 0 aliphatic heterocycles. The van der Waals surface area contributed by atoms with E-state index in [4.69, 9.17) is 5.73 Å². The van der Waals surface area contributed by atoms with Crippen molar-refractivity contribution in [2.24, 2.45) is 16.6 Å². The van der Waals surface area contributed by atoms with Gasteiger partial charge in [-0.1, -0.05) is 19.8 Å². The Morgan fingerprint density at radius 2 is 1.73 bits per heavy atom. The molecule has 0 bridgehead atoms. The maximum absolute atomic E-state index is 5.72. The second-order valence-electron chi connectivity index (χ2n) is 5.08. The van der Waals surface area contributed by atoms with Gasteiger partial charge in [-0.05, 0) is 43.1 Å². The molecular weight excluding hydrogens is 134 g/mol. The van der Waals surface area contributed by atoms with Crippen LogP contribution < -0.4 is 5.73 Å². The summed E-state index contributed by atoms with van der Waals surface area (Å²) >= 11 is 0. The van der Waals surface area contributed by atoms with E-state index >= 15 is 0 Å². The van der Waals surface area contributed by atoms with E-state index in [1.807, 2.05) is 0 Å². The molecule has 2 fully saturated rings. The van der Waals surface area contributed by atoms with Gasteiger partial charge in [-0.15, -0.1) is 0 Å². The van der Waals surface area contributed by atoms with Crippen molar-refractivity contribution >= 4 is 0 Å².